The van der Waals surface area contributed by atoms with Crippen LogP contribution in [0.2, 0.25) is 0 Å². The van der Waals surface area contributed by atoms with E-state index < -0.39 is 5.95 Å². The molecule has 4 aromatic rings. The Balaban J connectivity index is 1.27. The number of anilines is 5. The van der Waals surface area contributed by atoms with E-state index in [2.05, 4.69) is 30.6 Å². The second kappa shape index (κ2) is 13.0. The first-order valence-electron chi connectivity index (χ1n) is 14.7. The SMILES string of the molecule is Cn1cc(Nc2ncc3c(n2)N(c2cccc(NC(=O)/C=C/CN4CCCCC4)c2)C(=O)N(Cc2ccccc2)C3)c(F)n1. The van der Waals surface area contributed by atoms with Crippen molar-refractivity contribution in [3.8, 4) is 0 Å². The maximum atomic E-state index is 14.3. The number of urea groups is 1. The molecule has 0 unspecified atom stereocenters. The summed E-state index contributed by atoms with van der Waals surface area (Å²) < 4.78 is 15.6. The lowest BCUT2D eigenvalue weighted by Crippen LogP contribution is -2.45. The zero-order valence-corrected chi connectivity index (χ0v) is 24.5. The first-order valence-corrected chi connectivity index (χ1v) is 14.7. The van der Waals surface area contributed by atoms with Gasteiger partial charge in [0.15, 0.2) is 5.82 Å². The molecular formula is C32H34FN9O2. The minimum Gasteiger partial charge on any atom is -0.322 e. The number of amides is 3. The number of carbonyl (C=O) groups excluding carboxylic acids is 2. The van der Waals surface area contributed by atoms with Crippen LogP contribution in [-0.4, -0.2) is 61.1 Å². The van der Waals surface area contributed by atoms with Crippen LogP contribution in [0.15, 0.2) is 79.1 Å². The van der Waals surface area contributed by atoms with Crippen LogP contribution in [-0.2, 0) is 24.9 Å². The first-order chi connectivity index (χ1) is 21.4. The van der Waals surface area contributed by atoms with E-state index in [9.17, 15) is 14.0 Å². The van der Waals surface area contributed by atoms with E-state index >= 15 is 0 Å². The fourth-order valence-electron chi connectivity index (χ4n) is 5.45. The molecule has 1 saturated heterocycles. The van der Waals surface area contributed by atoms with Gasteiger partial charge in [-0.05, 0) is 49.7 Å². The largest absolute Gasteiger partial charge is 0.330 e. The standard InChI is InChI=1S/C32H34FN9O2/c1-39-22-27(29(33)38-39)36-31-34-19-24-21-41(20-23-10-4-2-5-11-23)32(44)42(30(24)37-31)26-13-8-12-25(18-26)35-28(43)14-9-17-40-15-6-3-7-16-40/h2,4-5,8-14,18-19,22H,3,6-7,15-17,20-21H2,1H3,(H,35,43)(H,34,36,37)/b14-9+. The predicted octanol–water partition coefficient (Wildman–Crippen LogP) is 5.35. The van der Waals surface area contributed by atoms with Crippen LogP contribution < -0.4 is 15.5 Å². The Kier molecular flexibility index (Phi) is 8.59. The highest BCUT2D eigenvalue weighted by molar-refractivity contribution is 6.03. The lowest BCUT2D eigenvalue weighted by Gasteiger charge is -2.36. The van der Waals surface area contributed by atoms with Gasteiger partial charge >= 0.3 is 6.03 Å². The number of hydrogen-bond donors (Lipinski definition) is 2. The third kappa shape index (κ3) is 6.76. The van der Waals surface area contributed by atoms with Gasteiger partial charge in [-0.1, -0.05) is 48.9 Å². The van der Waals surface area contributed by atoms with Gasteiger partial charge in [0, 0.05) is 43.7 Å². The fraction of sp³-hybridized carbons (Fsp3) is 0.281. The number of likely N-dealkylation sites (tertiary alicyclic amines) is 1. The van der Waals surface area contributed by atoms with Gasteiger partial charge in [-0.25, -0.2) is 14.7 Å². The van der Waals surface area contributed by atoms with Gasteiger partial charge in [0.25, 0.3) is 5.95 Å². The van der Waals surface area contributed by atoms with Crippen LogP contribution in [0.25, 0.3) is 0 Å². The van der Waals surface area contributed by atoms with Crippen LogP contribution in [0.4, 0.5) is 38.0 Å². The molecule has 11 nitrogen and oxygen atoms in total. The highest BCUT2D eigenvalue weighted by atomic mass is 19.1. The van der Waals surface area contributed by atoms with E-state index in [0.717, 1.165) is 25.2 Å². The summed E-state index contributed by atoms with van der Waals surface area (Å²) in [5, 5.41) is 9.48. The molecule has 2 aliphatic heterocycles. The number of hydrogen-bond acceptors (Lipinski definition) is 7. The molecule has 1 fully saturated rings. The zero-order valence-electron chi connectivity index (χ0n) is 24.5. The molecule has 6 rings (SSSR count). The molecule has 0 aliphatic carbocycles. The van der Waals surface area contributed by atoms with Crippen LogP contribution in [0, 0.1) is 5.95 Å². The number of benzene rings is 2. The van der Waals surface area contributed by atoms with Gasteiger partial charge in [-0.2, -0.15) is 9.37 Å². The Morgan fingerprint density at radius 2 is 1.89 bits per heavy atom. The van der Waals surface area contributed by atoms with Crippen LogP contribution in [0.1, 0.15) is 30.4 Å². The number of halogens is 1. The zero-order chi connectivity index (χ0) is 30.5. The molecule has 2 aliphatic rings. The second-order valence-electron chi connectivity index (χ2n) is 10.9. The van der Waals surface area contributed by atoms with Crippen molar-refractivity contribution in [2.45, 2.75) is 32.4 Å². The van der Waals surface area contributed by atoms with Crippen molar-refractivity contribution in [2.75, 3.05) is 35.2 Å². The Morgan fingerprint density at radius 3 is 2.66 bits per heavy atom. The first kappa shape index (κ1) is 29.0. The number of aromatic nitrogens is 4. The number of nitrogens with zero attached hydrogens (tertiary/aromatic N) is 7. The normalized spacial score (nSPS) is 15.5. The lowest BCUT2D eigenvalue weighted by atomic mass is 10.1. The van der Waals surface area contributed by atoms with Crippen molar-refractivity contribution in [3.63, 3.8) is 0 Å². The number of nitrogens with one attached hydrogen (secondary N) is 2. The van der Waals surface area contributed by atoms with Crippen molar-refractivity contribution in [3.05, 3.63) is 96.2 Å². The smallest absolute Gasteiger partial charge is 0.322 e. The summed E-state index contributed by atoms with van der Waals surface area (Å²) in [5.74, 6) is -0.453. The molecule has 0 radical (unpaired) electrons. The summed E-state index contributed by atoms with van der Waals surface area (Å²) in [6.45, 7) is 3.52. The Hall–Kier alpha value is -5.10. The van der Waals surface area contributed by atoms with Gasteiger partial charge in [0.2, 0.25) is 11.9 Å². The van der Waals surface area contributed by atoms with E-state index in [1.54, 1.807) is 48.5 Å². The third-order valence-electron chi connectivity index (χ3n) is 7.58. The van der Waals surface area contributed by atoms with Crippen molar-refractivity contribution in [2.24, 2.45) is 7.05 Å². The summed E-state index contributed by atoms with van der Waals surface area (Å²) in [5.41, 5.74) is 2.86. The minimum absolute atomic E-state index is 0.116. The maximum Gasteiger partial charge on any atom is 0.330 e. The van der Waals surface area contributed by atoms with Gasteiger partial charge in [0.05, 0.1) is 18.4 Å². The molecule has 2 aromatic carbocycles. The number of rotatable bonds is 9. The van der Waals surface area contributed by atoms with Gasteiger partial charge < -0.3 is 15.5 Å². The Bertz CT molecular complexity index is 1670. The van der Waals surface area contributed by atoms with Gasteiger partial charge in [-0.15, -0.1) is 5.10 Å². The molecule has 0 spiro atoms. The molecule has 2 N–H and O–H groups in total. The number of aryl methyl sites for hydroxylation is 1. The highest BCUT2D eigenvalue weighted by Gasteiger charge is 2.34. The molecule has 226 valence electrons. The highest BCUT2D eigenvalue weighted by Crippen LogP contribution is 2.36. The average Bonchev–Trinajstić information content (AvgIpc) is 3.34. The number of piperidine rings is 1. The predicted molar refractivity (Wildman–Crippen MR) is 166 cm³/mol. The molecule has 0 bridgehead atoms. The maximum absolute atomic E-state index is 14.3. The summed E-state index contributed by atoms with van der Waals surface area (Å²) in [4.78, 5) is 41.3. The third-order valence-corrected chi connectivity index (χ3v) is 7.58. The molecule has 12 heteroatoms. The van der Waals surface area contributed by atoms with E-state index in [1.807, 2.05) is 36.4 Å². The topological polar surface area (TPSA) is 112 Å². The minimum atomic E-state index is -0.691. The molecule has 2 aromatic heterocycles. The van der Waals surface area contributed by atoms with Crippen molar-refractivity contribution >= 4 is 40.8 Å². The Morgan fingerprint density at radius 1 is 1.07 bits per heavy atom. The van der Waals surface area contributed by atoms with E-state index in [0.29, 0.717) is 35.8 Å². The molecule has 44 heavy (non-hydrogen) atoms. The van der Waals surface area contributed by atoms with Crippen molar-refractivity contribution in [1.29, 1.82) is 0 Å². The van der Waals surface area contributed by atoms with Crippen molar-refractivity contribution < 1.29 is 14.0 Å². The Labute approximate surface area is 255 Å². The van der Waals surface area contributed by atoms with E-state index in [4.69, 9.17) is 0 Å². The quantitative estimate of drug-likeness (QED) is 0.251. The van der Waals surface area contributed by atoms with Crippen LogP contribution in [0.3, 0.4) is 0 Å². The van der Waals surface area contributed by atoms with E-state index in [1.165, 1.54) is 35.0 Å². The lowest BCUT2D eigenvalue weighted by molar-refractivity contribution is -0.111. The van der Waals surface area contributed by atoms with Crippen LogP contribution >= 0.6 is 0 Å². The summed E-state index contributed by atoms with van der Waals surface area (Å²) in [6.07, 6.45) is 10.2. The van der Waals surface area contributed by atoms with Crippen LogP contribution in [0.5, 0.6) is 0 Å². The van der Waals surface area contributed by atoms with Gasteiger partial charge in [0.1, 0.15) is 5.69 Å². The molecule has 0 atom stereocenters. The second-order valence-corrected chi connectivity index (χ2v) is 10.9. The summed E-state index contributed by atoms with van der Waals surface area (Å²) in [6, 6.07) is 16.5. The number of carbonyl (C=O) groups is 2. The van der Waals surface area contributed by atoms with E-state index in [-0.39, 0.29) is 23.6 Å². The van der Waals surface area contributed by atoms with Gasteiger partial charge in [-0.3, -0.25) is 14.4 Å². The summed E-state index contributed by atoms with van der Waals surface area (Å²) in [7, 11) is 1.61. The average molecular weight is 596 g/mol. The summed E-state index contributed by atoms with van der Waals surface area (Å²) >= 11 is 0. The molecule has 0 saturated carbocycles. The molecule has 3 amide bonds. The number of fused-ring (bicyclic) bond motifs is 1. The monoisotopic (exact) mass is 595 g/mol. The molecular weight excluding hydrogens is 561 g/mol. The molecule has 4 heterocycles. The fourth-order valence-corrected chi connectivity index (χ4v) is 5.45. The van der Waals surface area contributed by atoms with Crippen molar-refractivity contribution in [1.82, 2.24) is 29.5 Å².